The first kappa shape index (κ1) is 21.5. The summed E-state index contributed by atoms with van der Waals surface area (Å²) < 4.78 is 5.64. The molecule has 2 aliphatic heterocycles. The van der Waals surface area contributed by atoms with Crippen molar-refractivity contribution in [2.45, 2.75) is 19.4 Å². The average Bonchev–Trinajstić information content (AvgIpc) is 3.14. The SMILES string of the molecule is COc1cc2c(cc1Nc1ncc3ccc(NC[C@H]4CC(=O)N(C)C4)cc3n1)CN(C)CC2. The number of ether oxygens (including phenoxy) is 1. The Morgan fingerprint density at radius 2 is 2.06 bits per heavy atom. The number of anilines is 3. The highest BCUT2D eigenvalue weighted by Gasteiger charge is 2.26. The summed E-state index contributed by atoms with van der Waals surface area (Å²) in [5, 5.41) is 7.79. The molecule has 0 saturated carbocycles. The summed E-state index contributed by atoms with van der Waals surface area (Å²) in [4.78, 5) is 25.1. The van der Waals surface area contributed by atoms with E-state index in [1.54, 1.807) is 12.0 Å². The number of benzene rings is 2. The van der Waals surface area contributed by atoms with E-state index >= 15 is 0 Å². The molecule has 1 amide bonds. The first-order valence-corrected chi connectivity index (χ1v) is 11.4. The van der Waals surface area contributed by atoms with Crippen LogP contribution in [-0.4, -0.2) is 66.5 Å². The molecule has 33 heavy (non-hydrogen) atoms. The lowest BCUT2D eigenvalue weighted by Crippen LogP contribution is -2.26. The second kappa shape index (κ2) is 8.86. The number of nitrogens with zero attached hydrogens (tertiary/aromatic N) is 4. The molecule has 172 valence electrons. The molecule has 1 atom stereocenters. The van der Waals surface area contributed by atoms with Crippen molar-refractivity contribution in [2.24, 2.45) is 5.92 Å². The fourth-order valence-corrected chi connectivity index (χ4v) is 4.66. The van der Waals surface area contributed by atoms with Crippen LogP contribution in [0.2, 0.25) is 0 Å². The predicted molar refractivity (Wildman–Crippen MR) is 130 cm³/mol. The van der Waals surface area contributed by atoms with Crippen molar-refractivity contribution in [3.05, 3.63) is 47.7 Å². The van der Waals surface area contributed by atoms with Gasteiger partial charge in [-0.15, -0.1) is 0 Å². The van der Waals surface area contributed by atoms with E-state index in [4.69, 9.17) is 9.72 Å². The van der Waals surface area contributed by atoms with Gasteiger partial charge in [0.15, 0.2) is 0 Å². The molecular formula is C25H30N6O2. The van der Waals surface area contributed by atoms with Gasteiger partial charge >= 0.3 is 0 Å². The molecular weight excluding hydrogens is 416 g/mol. The number of likely N-dealkylation sites (tertiary alicyclic amines) is 1. The number of rotatable bonds is 6. The highest BCUT2D eigenvalue weighted by atomic mass is 16.5. The molecule has 1 aromatic heterocycles. The van der Waals surface area contributed by atoms with Crippen LogP contribution < -0.4 is 15.4 Å². The Bertz CT molecular complexity index is 1200. The van der Waals surface area contributed by atoms with Crippen LogP contribution >= 0.6 is 0 Å². The maximum absolute atomic E-state index is 11.8. The van der Waals surface area contributed by atoms with Gasteiger partial charge in [-0.1, -0.05) is 0 Å². The monoisotopic (exact) mass is 446 g/mol. The minimum absolute atomic E-state index is 0.216. The van der Waals surface area contributed by atoms with E-state index in [1.165, 1.54) is 11.1 Å². The first-order chi connectivity index (χ1) is 16.0. The maximum Gasteiger partial charge on any atom is 0.227 e. The molecule has 1 fully saturated rings. The van der Waals surface area contributed by atoms with Crippen molar-refractivity contribution in [1.82, 2.24) is 19.8 Å². The van der Waals surface area contributed by atoms with Crippen LogP contribution in [0.3, 0.4) is 0 Å². The van der Waals surface area contributed by atoms with Gasteiger partial charge < -0.3 is 25.2 Å². The number of hydrogen-bond donors (Lipinski definition) is 2. The Morgan fingerprint density at radius 3 is 2.85 bits per heavy atom. The van der Waals surface area contributed by atoms with E-state index in [9.17, 15) is 4.79 Å². The molecule has 3 heterocycles. The molecule has 2 aromatic carbocycles. The van der Waals surface area contributed by atoms with Gasteiger partial charge in [-0.3, -0.25) is 4.79 Å². The summed E-state index contributed by atoms with van der Waals surface area (Å²) >= 11 is 0. The number of hydrogen-bond acceptors (Lipinski definition) is 7. The summed E-state index contributed by atoms with van der Waals surface area (Å²) in [5.74, 6) is 1.88. The standard InChI is InChI=1S/C25H30N6O2/c1-30-7-6-17-10-23(33-3)22(9-19(17)15-30)29-25-27-13-18-4-5-20(11-21(18)28-25)26-12-16-8-24(32)31(2)14-16/h4-5,9-11,13,16,26H,6-8,12,14-15H2,1-3H3,(H,27,28,29)/t16-/m1/s1. The fraction of sp³-hybridized carbons (Fsp3) is 0.400. The second-order valence-electron chi connectivity index (χ2n) is 9.13. The number of nitrogens with one attached hydrogen (secondary N) is 2. The van der Waals surface area contributed by atoms with Crippen LogP contribution in [0.15, 0.2) is 36.5 Å². The number of likely N-dealkylation sites (N-methyl/N-ethyl adjacent to an activating group) is 1. The Morgan fingerprint density at radius 1 is 1.18 bits per heavy atom. The largest absolute Gasteiger partial charge is 0.495 e. The Hall–Kier alpha value is -3.39. The molecule has 0 radical (unpaired) electrons. The van der Waals surface area contributed by atoms with Gasteiger partial charge in [0, 0.05) is 62.8 Å². The van der Waals surface area contributed by atoms with Crippen molar-refractivity contribution in [1.29, 1.82) is 0 Å². The molecule has 8 heteroatoms. The van der Waals surface area contributed by atoms with Crippen LogP contribution in [0.4, 0.5) is 17.3 Å². The Balaban J connectivity index is 1.35. The van der Waals surface area contributed by atoms with Gasteiger partial charge in [-0.2, -0.15) is 0 Å². The molecule has 5 rings (SSSR count). The summed E-state index contributed by atoms with van der Waals surface area (Å²) in [5.41, 5.74) is 5.35. The average molecular weight is 447 g/mol. The number of fused-ring (bicyclic) bond motifs is 2. The van der Waals surface area contributed by atoms with Crippen molar-refractivity contribution in [2.75, 3.05) is 51.5 Å². The Kier molecular flexibility index (Phi) is 5.76. The van der Waals surface area contributed by atoms with Crippen molar-refractivity contribution >= 4 is 34.1 Å². The lowest BCUT2D eigenvalue weighted by molar-refractivity contribution is -0.126. The minimum atomic E-state index is 0.216. The zero-order valence-corrected chi connectivity index (χ0v) is 19.4. The number of amides is 1. The molecule has 1 saturated heterocycles. The van der Waals surface area contributed by atoms with Crippen LogP contribution in [0.1, 0.15) is 17.5 Å². The highest BCUT2D eigenvalue weighted by Crippen LogP contribution is 2.33. The van der Waals surface area contributed by atoms with E-state index in [-0.39, 0.29) is 5.91 Å². The van der Waals surface area contributed by atoms with Gasteiger partial charge in [0.1, 0.15) is 5.75 Å². The lowest BCUT2D eigenvalue weighted by atomic mass is 9.99. The quantitative estimate of drug-likeness (QED) is 0.601. The summed E-state index contributed by atoms with van der Waals surface area (Å²) in [6.07, 6.45) is 3.46. The Labute approximate surface area is 194 Å². The third kappa shape index (κ3) is 4.57. The normalized spacial score (nSPS) is 18.5. The van der Waals surface area contributed by atoms with E-state index in [1.807, 2.05) is 31.4 Å². The molecule has 2 aliphatic rings. The zero-order valence-electron chi connectivity index (χ0n) is 19.4. The third-order valence-electron chi connectivity index (χ3n) is 6.57. The number of methoxy groups -OCH3 is 1. The van der Waals surface area contributed by atoms with Gasteiger partial charge in [-0.05, 0) is 54.9 Å². The van der Waals surface area contributed by atoms with Crippen molar-refractivity contribution in [3.8, 4) is 5.75 Å². The van der Waals surface area contributed by atoms with Gasteiger partial charge in [-0.25, -0.2) is 9.97 Å². The van der Waals surface area contributed by atoms with Crippen molar-refractivity contribution < 1.29 is 9.53 Å². The molecule has 3 aromatic rings. The fourth-order valence-electron chi connectivity index (χ4n) is 4.66. The predicted octanol–water partition coefficient (Wildman–Crippen LogP) is 3.26. The van der Waals surface area contributed by atoms with Gasteiger partial charge in [0.2, 0.25) is 11.9 Å². The molecule has 2 N–H and O–H groups in total. The third-order valence-corrected chi connectivity index (χ3v) is 6.57. The second-order valence-corrected chi connectivity index (χ2v) is 9.13. The summed E-state index contributed by atoms with van der Waals surface area (Å²) in [6.45, 7) is 3.54. The van der Waals surface area contributed by atoms with E-state index in [0.29, 0.717) is 18.3 Å². The molecule has 0 aliphatic carbocycles. The van der Waals surface area contributed by atoms with Crippen LogP contribution in [0.5, 0.6) is 5.75 Å². The highest BCUT2D eigenvalue weighted by molar-refractivity contribution is 5.83. The maximum atomic E-state index is 11.8. The lowest BCUT2D eigenvalue weighted by Gasteiger charge is -2.26. The molecule has 0 spiro atoms. The van der Waals surface area contributed by atoms with E-state index < -0.39 is 0 Å². The minimum Gasteiger partial charge on any atom is -0.495 e. The number of aromatic nitrogens is 2. The van der Waals surface area contributed by atoms with Gasteiger partial charge in [0.05, 0.1) is 18.3 Å². The first-order valence-electron chi connectivity index (χ1n) is 11.4. The summed E-state index contributed by atoms with van der Waals surface area (Å²) in [7, 11) is 5.69. The van der Waals surface area contributed by atoms with Crippen LogP contribution in [-0.2, 0) is 17.8 Å². The topological polar surface area (TPSA) is 82.6 Å². The van der Waals surface area contributed by atoms with Gasteiger partial charge in [0.25, 0.3) is 0 Å². The zero-order chi connectivity index (χ0) is 22.9. The number of carbonyl (C=O) groups excluding carboxylic acids is 1. The molecule has 0 bridgehead atoms. The molecule has 0 unspecified atom stereocenters. The summed E-state index contributed by atoms with van der Waals surface area (Å²) in [6, 6.07) is 10.3. The molecule has 8 nitrogen and oxygen atoms in total. The van der Waals surface area contributed by atoms with E-state index in [2.05, 4.69) is 39.7 Å². The smallest absolute Gasteiger partial charge is 0.227 e. The van der Waals surface area contributed by atoms with Crippen LogP contribution in [0.25, 0.3) is 10.9 Å². The van der Waals surface area contributed by atoms with Crippen LogP contribution in [0, 0.1) is 5.92 Å². The van der Waals surface area contributed by atoms with Crippen molar-refractivity contribution in [3.63, 3.8) is 0 Å². The van der Waals surface area contributed by atoms with E-state index in [0.717, 1.165) is 60.6 Å². The number of carbonyl (C=O) groups is 1.